The maximum absolute atomic E-state index is 12.8. The second kappa shape index (κ2) is 7.00. The zero-order valence-corrected chi connectivity index (χ0v) is 14.7. The number of aryl methyl sites for hydroxylation is 1. The number of likely N-dealkylation sites (tertiary alicyclic amines) is 1. The van der Waals surface area contributed by atoms with Gasteiger partial charge in [0.05, 0.1) is 25.5 Å². The highest BCUT2D eigenvalue weighted by atomic mass is 16.5. The largest absolute Gasteiger partial charge is 0.373 e. The Morgan fingerprint density at radius 3 is 2.84 bits per heavy atom. The van der Waals surface area contributed by atoms with Crippen molar-refractivity contribution in [3.63, 3.8) is 0 Å². The minimum atomic E-state index is -0.0916. The molecule has 0 spiro atoms. The molecule has 2 aromatic rings. The Bertz CT molecular complexity index is 747. The Balaban J connectivity index is 1.36. The van der Waals surface area contributed by atoms with Crippen LogP contribution in [0, 0.1) is 6.92 Å². The van der Waals surface area contributed by atoms with Gasteiger partial charge in [-0.1, -0.05) is 24.3 Å². The molecule has 4 rings (SSSR count). The van der Waals surface area contributed by atoms with Crippen LogP contribution in [0.5, 0.6) is 0 Å². The van der Waals surface area contributed by atoms with Gasteiger partial charge in [-0.05, 0) is 37.3 Å². The van der Waals surface area contributed by atoms with E-state index in [4.69, 9.17) is 4.74 Å². The first kappa shape index (κ1) is 16.3. The van der Waals surface area contributed by atoms with Gasteiger partial charge in [0.15, 0.2) is 0 Å². The molecular weight excluding hydrogens is 314 g/mol. The summed E-state index contributed by atoms with van der Waals surface area (Å²) in [4.78, 5) is 19.0. The molecule has 3 heterocycles. The molecule has 2 aliphatic rings. The van der Waals surface area contributed by atoms with Crippen LogP contribution in [-0.2, 0) is 16.0 Å². The van der Waals surface area contributed by atoms with Gasteiger partial charge < -0.3 is 14.2 Å². The molecule has 0 bridgehead atoms. The molecule has 25 heavy (non-hydrogen) atoms. The van der Waals surface area contributed by atoms with Crippen molar-refractivity contribution in [2.75, 3.05) is 19.7 Å². The van der Waals surface area contributed by atoms with Crippen molar-refractivity contribution in [2.24, 2.45) is 0 Å². The smallest absolute Gasteiger partial charge is 0.225 e. The standard InChI is InChI=1S/C20H25N3O2/c1-15-13-21-14-23(15)17-6-9-22(10-7-17)20(24)12-19-18-5-3-2-4-16(18)8-11-25-19/h2-5,13-14,17,19H,6-12H2,1H3. The van der Waals surface area contributed by atoms with Crippen LogP contribution in [0.3, 0.4) is 0 Å². The number of piperidine rings is 1. The summed E-state index contributed by atoms with van der Waals surface area (Å²) in [7, 11) is 0. The van der Waals surface area contributed by atoms with Gasteiger partial charge in [-0.25, -0.2) is 4.98 Å². The second-order valence-corrected chi connectivity index (χ2v) is 7.07. The third kappa shape index (κ3) is 3.33. The predicted octanol–water partition coefficient (Wildman–Crippen LogP) is 3.06. The highest BCUT2D eigenvalue weighted by Crippen LogP contribution is 2.31. The van der Waals surface area contributed by atoms with E-state index in [0.717, 1.165) is 32.4 Å². The first-order valence-electron chi connectivity index (χ1n) is 9.18. The molecular formula is C20H25N3O2. The molecule has 1 aromatic carbocycles. The van der Waals surface area contributed by atoms with Gasteiger partial charge >= 0.3 is 0 Å². The maximum Gasteiger partial charge on any atom is 0.225 e. The normalized spacial score (nSPS) is 21.2. The summed E-state index contributed by atoms with van der Waals surface area (Å²) in [6, 6.07) is 8.79. The monoisotopic (exact) mass is 339 g/mol. The fourth-order valence-electron chi connectivity index (χ4n) is 4.08. The molecule has 2 aliphatic heterocycles. The van der Waals surface area contributed by atoms with Gasteiger partial charge in [0, 0.05) is 31.0 Å². The molecule has 0 N–H and O–H groups in total. The molecule has 5 nitrogen and oxygen atoms in total. The van der Waals surface area contributed by atoms with Crippen LogP contribution in [0.15, 0.2) is 36.8 Å². The minimum absolute atomic E-state index is 0.0916. The highest BCUT2D eigenvalue weighted by molar-refractivity contribution is 5.77. The molecule has 1 unspecified atom stereocenters. The number of hydrogen-bond acceptors (Lipinski definition) is 3. The van der Waals surface area contributed by atoms with Crippen molar-refractivity contribution in [3.05, 3.63) is 53.6 Å². The zero-order chi connectivity index (χ0) is 17.2. The van der Waals surface area contributed by atoms with E-state index < -0.39 is 0 Å². The van der Waals surface area contributed by atoms with E-state index in [1.54, 1.807) is 0 Å². The molecule has 5 heteroatoms. The van der Waals surface area contributed by atoms with Crippen molar-refractivity contribution in [2.45, 2.75) is 44.8 Å². The summed E-state index contributed by atoms with van der Waals surface area (Å²) < 4.78 is 8.14. The summed E-state index contributed by atoms with van der Waals surface area (Å²) in [5, 5.41) is 0. The van der Waals surface area contributed by atoms with Gasteiger partial charge in [-0.2, -0.15) is 0 Å². The Morgan fingerprint density at radius 2 is 2.08 bits per heavy atom. The van der Waals surface area contributed by atoms with Crippen LogP contribution in [0.4, 0.5) is 0 Å². The molecule has 1 atom stereocenters. The second-order valence-electron chi connectivity index (χ2n) is 7.07. The first-order chi connectivity index (χ1) is 12.2. The van der Waals surface area contributed by atoms with Crippen LogP contribution in [-0.4, -0.2) is 40.1 Å². The number of aromatic nitrogens is 2. The Kier molecular flexibility index (Phi) is 4.57. The summed E-state index contributed by atoms with van der Waals surface area (Å²) in [6.45, 7) is 4.42. The summed E-state index contributed by atoms with van der Waals surface area (Å²) in [5.41, 5.74) is 3.70. The fourth-order valence-corrected chi connectivity index (χ4v) is 4.08. The van der Waals surface area contributed by atoms with Gasteiger partial charge in [-0.3, -0.25) is 4.79 Å². The lowest BCUT2D eigenvalue weighted by Gasteiger charge is -2.34. The lowest BCUT2D eigenvalue weighted by Crippen LogP contribution is -2.40. The van der Waals surface area contributed by atoms with Crippen molar-refractivity contribution < 1.29 is 9.53 Å². The van der Waals surface area contributed by atoms with Crippen molar-refractivity contribution in [1.82, 2.24) is 14.5 Å². The SMILES string of the molecule is Cc1cncn1C1CCN(C(=O)CC2OCCc3ccccc32)CC1. The van der Waals surface area contributed by atoms with E-state index in [1.807, 2.05) is 23.5 Å². The zero-order valence-electron chi connectivity index (χ0n) is 14.7. The van der Waals surface area contributed by atoms with E-state index in [1.165, 1.54) is 16.8 Å². The van der Waals surface area contributed by atoms with Crippen LogP contribution >= 0.6 is 0 Å². The Labute approximate surface area is 148 Å². The van der Waals surface area contributed by atoms with E-state index >= 15 is 0 Å². The number of fused-ring (bicyclic) bond motifs is 1. The third-order valence-corrected chi connectivity index (χ3v) is 5.52. The van der Waals surface area contributed by atoms with E-state index in [2.05, 4.69) is 34.7 Å². The Hall–Kier alpha value is -2.14. The molecule has 1 aromatic heterocycles. The molecule has 132 valence electrons. The minimum Gasteiger partial charge on any atom is -0.373 e. The number of nitrogens with zero attached hydrogens (tertiary/aromatic N) is 3. The van der Waals surface area contributed by atoms with E-state index in [-0.39, 0.29) is 12.0 Å². The van der Waals surface area contributed by atoms with Crippen molar-refractivity contribution in [1.29, 1.82) is 0 Å². The lowest BCUT2D eigenvalue weighted by atomic mass is 9.95. The van der Waals surface area contributed by atoms with Gasteiger partial charge in [0.25, 0.3) is 0 Å². The van der Waals surface area contributed by atoms with Crippen LogP contribution in [0.1, 0.15) is 48.2 Å². The van der Waals surface area contributed by atoms with Crippen molar-refractivity contribution >= 4 is 5.91 Å². The fraction of sp³-hybridized carbons (Fsp3) is 0.500. The third-order valence-electron chi connectivity index (χ3n) is 5.52. The topological polar surface area (TPSA) is 47.4 Å². The lowest BCUT2D eigenvalue weighted by molar-refractivity contribution is -0.136. The van der Waals surface area contributed by atoms with Gasteiger partial charge in [-0.15, -0.1) is 0 Å². The number of carbonyl (C=O) groups is 1. The number of amides is 1. The number of rotatable bonds is 3. The molecule has 0 aliphatic carbocycles. The number of benzene rings is 1. The first-order valence-corrected chi connectivity index (χ1v) is 9.18. The van der Waals surface area contributed by atoms with Crippen molar-refractivity contribution in [3.8, 4) is 0 Å². The van der Waals surface area contributed by atoms with Crippen LogP contribution < -0.4 is 0 Å². The quantitative estimate of drug-likeness (QED) is 0.863. The highest BCUT2D eigenvalue weighted by Gasteiger charge is 2.28. The number of carbonyl (C=O) groups excluding carboxylic acids is 1. The average molecular weight is 339 g/mol. The number of hydrogen-bond donors (Lipinski definition) is 0. The summed E-state index contributed by atoms with van der Waals surface area (Å²) >= 11 is 0. The Morgan fingerprint density at radius 1 is 1.28 bits per heavy atom. The summed E-state index contributed by atoms with van der Waals surface area (Å²) in [5.74, 6) is 0.211. The molecule has 0 saturated carbocycles. The van der Waals surface area contributed by atoms with Gasteiger partial charge in [0.2, 0.25) is 5.91 Å². The van der Waals surface area contributed by atoms with Crippen LogP contribution in [0.2, 0.25) is 0 Å². The van der Waals surface area contributed by atoms with Crippen LogP contribution in [0.25, 0.3) is 0 Å². The predicted molar refractivity (Wildman–Crippen MR) is 95.3 cm³/mol. The number of ether oxygens (including phenoxy) is 1. The van der Waals surface area contributed by atoms with E-state index in [0.29, 0.717) is 19.1 Å². The molecule has 0 radical (unpaired) electrons. The number of imidazole rings is 1. The van der Waals surface area contributed by atoms with E-state index in [9.17, 15) is 4.79 Å². The molecule has 1 fully saturated rings. The van der Waals surface area contributed by atoms with Gasteiger partial charge in [0.1, 0.15) is 0 Å². The molecule has 1 amide bonds. The molecule has 1 saturated heterocycles. The maximum atomic E-state index is 12.8. The average Bonchev–Trinajstić information content (AvgIpc) is 3.08. The summed E-state index contributed by atoms with van der Waals surface area (Å²) in [6.07, 6.45) is 7.09.